The van der Waals surface area contributed by atoms with Crippen molar-refractivity contribution < 1.29 is 9.59 Å². The van der Waals surface area contributed by atoms with Gasteiger partial charge in [-0.1, -0.05) is 32.0 Å². The van der Waals surface area contributed by atoms with Gasteiger partial charge in [-0.25, -0.2) is 0 Å². The van der Waals surface area contributed by atoms with Crippen LogP contribution in [0.1, 0.15) is 36.7 Å². The van der Waals surface area contributed by atoms with Crippen molar-refractivity contribution in [3.8, 4) is 0 Å². The van der Waals surface area contributed by atoms with Crippen LogP contribution in [0.25, 0.3) is 0 Å². The zero-order valence-electron chi connectivity index (χ0n) is 14.5. The Labute approximate surface area is 145 Å². The van der Waals surface area contributed by atoms with E-state index in [1.807, 2.05) is 52.9 Å². The number of rotatable bonds is 7. The molecule has 23 heavy (non-hydrogen) atoms. The third-order valence-electron chi connectivity index (χ3n) is 3.70. The minimum atomic E-state index is -0.545. The number of benzene rings is 1. The second-order valence-corrected chi connectivity index (χ2v) is 5.94. The molecule has 1 rings (SSSR count). The summed E-state index contributed by atoms with van der Waals surface area (Å²) in [6, 6.07) is 7.00. The lowest BCUT2D eigenvalue weighted by Gasteiger charge is -2.23. The van der Waals surface area contributed by atoms with Gasteiger partial charge < -0.3 is 16.0 Å². The molecule has 0 saturated carbocycles. The van der Waals surface area contributed by atoms with Crippen molar-refractivity contribution >= 4 is 24.2 Å². The van der Waals surface area contributed by atoms with E-state index in [9.17, 15) is 9.59 Å². The van der Waals surface area contributed by atoms with Crippen LogP contribution in [-0.4, -0.2) is 37.5 Å². The van der Waals surface area contributed by atoms with E-state index in [1.54, 1.807) is 6.07 Å². The van der Waals surface area contributed by atoms with Crippen molar-refractivity contribution in [1.29, 1.82) is 0 Å². The fourth-order valence-electron chi connectivity index (χ4n) is 2.05. The van der Waals surface area contributed by atoms with Crippen molar-refractivity contribution in [1.82, 2.24) is 16.0 Å². The largest absolute Gasteiger partial charge is 0.353 e. The Balaban J connectivity index is 0.00000484. The minimum Gasteiger partial charge on any atom is -0.353 e. The highest BCUT2D eigenvalue weighted by molar-refractivity contribution is 5.98. The van der Waals surface area contributed by atoms with Crippen molar-refractivity contribution in [2.24, 2.45) is 5.92 Å². The monoisotopic (exact) mass is 341 g/mol. The van der Waals surface area contributed by atoms with Crippen LogP contribution in [0.4, 0.5) is 0 Å². The quantitative estimate of drug-likeness (QED) is 0.709. The number of aryl methyl sites for hydroxylation is 1. The lowest BCUT2D eigenvalue weighted by molar-refractivity contribution is -0.124. The minimum absolute atomic E-state index is 0. The average Bonchev–Trinajstić information content (AvgIpc) is 2.49. The van der Waals surface area contributed by atoms with Gasteiger partial charge in [-0.3, -0.25) is 9.59 Å². The van der Waals surface area contributed by atoms with Crippen LogP contribution < -0.4 is 16.0 Å². The van der Waals surface area contributed by atoms with Crippen molar-refractivity contribution in [3.63, 3.8) is 0 Å². The number of hydrogen-bond donors (Lipinski definition) is 3. The number of carbonyl (C=O) groups is 2. The number of carbonyl (C=O) groups excluding carboxylic acids is 2. The SMILES string of the molecule is CNC(C)CNC(=O)C(NC(=O)c1ccccc1C)C(C)C.Cl. The molecule has 0 radical (unpaired) electrons. The van der Waals surface area contributed by atoms with E-state index in [-0.39, 0.29) is 36.2 Å². The van der Waals surface area contributed by atoms with Gasteiger partial charge in [0.1, 0.15) is 6.04 Å². The molecule has 0 aliphatic carbocycles. The predicted octanol–water partition coefficient (Wildman–Crippen LogP) is 1.90. The van der Waals surface area contributed by atoms with Crippen LogP contribution in [0.3, 0.4) is 0 Å². The Morgan fingerprint density at radius 1 is 1.13 bits per heavy atom. The summed E-state index contributed by atoms with van der Waals surface area (Å²) in [5, 5.41) is 8.77. The highest BCUT2D eigenvalue weighted by Crippen LogP contribution is 2.09. The smallest absolute Gasteiger partial charge is 0.252 e. The van der Waals surface area contributed by atoms with Gasteiger partial charge in [-0.05, 0) is 38.4 Å². The van der Waals surface area contributed by atoms with E-state index < -0.39 is 6.04 Å². The van der Waals surface area contributed by atoms with E-state index in [0.717, 1.165) is 5.56 Å². The average molecular weight is 342 g/mol. The molecule has 0 heterocycles. The molecule has 0 saturated heterocycles. The number of hydrogen-bond acceptors (Lipinski definition) is 3. The molecule has 0 spiro atoms. The summed E-state index contributed by atoms with van der Waals surface area (Å²) in [7, 11) is 1.84. The van der Waals surface area contributed by atoms with Crippen molar-refractivity contribution in [2.45, 2.75) is 39.8 Å². The molecule has 2 atom stereocenters. The van der Waals surface area contributed by atoms with E-state index >= 15 is 0 Å². The van der Waals surface area contributed by atoms with Crippen LogP contribution in [0.5, 0.6) is 0 Å². The first-order chi connectivity index (χ1) is 10.4. The second kappa shape index (κ2) is 10.2. The van der Waals surface area contributed by atoms with Crippen molar-refractivity contribution in [3.05, 3.63) is 35.4 Å². The Morgan fingerprint density at radius 2 is 1.74 bits per heavy atom. The number of likely N-dealkylation sites (N-methyl/N-ethyl adjacent to an activating group) is 1. The molecule has 1 aromatic rings. The molecule has 0 aromatic heterocycles. The maximum Gasteiger partial charge on any atom is 0.252 e. The van der Waals surface area contributed by atoms with Crippen LogP contribution in [0.15, 0.2) is 24.3 Å². The third-order valence-corrected chi connectivity index (χ3v) is 3.70. The van der Waals surface area contributed by atoms with Crippen LogP contribution in [0.2, 0.25) is 0 Å². The van der Waals surface area contributed by atoms with Gasteiger partial charge in [0, 0.05) is 18.2 Å². The fraction of sp³-hybridized carbons (Fsp3) is 0.529. The van der Waals surface area contributed by atoms with Crippen LogP contribution >= 0.6 is 12.4 Å². The Kier molecular flexibility index (Phi) is 9.53. The topological polar surface area (TPSA) is 70.2 Å². The summed E-state index contributed by atoms with van der Waals surface area (Å²) in [6.45, 7) is 8.23. The van der Waals surface area contributed by atoms with Crippen LogP contribution in [-0.2, 0) is 4.79 Å². The zero-order chi connectivity index (χ0) is 16.7. The molecule has 0 aliphatic heterocycles. The van der Waals surface area contributed by atoms with E-state index in [4.69, 9.17) is 0 Å². The lowest BCUT2D eigenvalue weighted by atomic mass is 10.0. The highest BCUT2D eigenvalue weighted by Gasteiger charge is 2.25. The molecule has 5 nitrogen and oxygen atoms in total. The Morgan fingerprint density at radius 3 is 2.26 bits per heavy atom. The molecular weight excluding hydrogens is 314 g/mol. The lowest BCUT2D eigenvalue weighted by Crippen LogP contribution is -2.51. The van der Waals surface area contributed by atoms with Gasteiger partial charge in [-0.2, -0.15) is 0 Å². The first-order valence-electron chi connectivity index (χ1n) is 7.68. The van der Waals surface area contributed by atoms with Gasteiger partial charge in [-0.15, -0.1) is 12.4 Å². The zero-order valence-corrected chi connectivity index (χ0v) is 15.3. The molecule has 1 aromatic carbocycles. The fourth-order valence-corrected chi connectivity index (χ4v) is 2.05. The van der Waals surface area contributed by atoms with Gasteiger partial charge in [0.15, 0.2) is 0 Å². The predicted molar refractivity (Wildman–Crippen MR) is 96.1 cm³/mol. The summed E-state index contributed by atoms with van der Waals surface area (Å²) in [5.41, 5.74) is 1.50. The molecule has 2 unspecified atom stereocenters. The van der Waals surface area contributed by atoms with Crippen LogP contribution in [0, 0.1) is 12.8 Å². The molecule has 6 heteroatoms. The van der Waals surface area contributed by atoms with Gasteiger partial charge in [0.25, 0.3) is 5.91 Å². The normalized spacial score (nSPS) is 13.0. The molecular formula is C17H28ClN3O2. The molecule has 3 N–H and O–H groups in total. The van der Waals surface area contributed by atoms with Crippen molar-refractivity contribution in [2.75, 3.05) is 13.6 Å². The molecule has 0 bridgehead atoms. The summed E-state index contributed by atoms with van der Waals surface area (Å²) in [6.07, 6.45) is 0. The maximum atomic E-state index is 12.4. The summed E-state index contributed by atoms with van der Waals surface area (Å²) in [4.78, 5) is 24.7. The number of nitrogens with one attached hydrogen (secondary N) is 3. The molecule has 130 valence electrons. The summed E-state index contributed by atoms with van der Waals surface area (Å²) in [5.74, 6) is -0.356. The van der Waals surface area contributed by atoms with Gasteiger partial charge >= 0.3 is 0 Å². The van der Waals surface area contributed by atoms with Gasteiger partial charge in [0.2, 0.25) is 5.91 Å². The first-order valence-corrected chi connectivity index (χ1v) is 7.68. The highest BCUT2D eigenvalue weighted by atomic mass is 35.5. The van der Waals surface area contributed by atoms with E-state index in [1.165, 1.54) is 0 Å². The Bertz CT molecular complexity index is 520. The maximum absolute atomic E-state index is 12.4. The molecule has 0 fully saturated rings. The number of halogens is 1. The van der Waals surface area contributed by atoms with E-state index in [0.29, 0.717) is 12.1 Å². The molecule has 0 aliphatic rings. The Hall–Kier alpha value is -1.59. The molecule has 2 amide bonds. The van der Waals surface area contributed by atoms with E-state index in [2.05, 4.69) is 16.0 Å². The summed E-state index contributed by atoms with van der Waals surface area (Å²) < 4.78 is 0. The number of amides is 2. The summed E-state index contributed by atoms with van der Waals surface area (Å²) >= 11 is 0. The standard InChI is InChI=1S/C17H27N3O2.ClH/c1-11(2)15(17(22)19-10-13(4)18-5)20-16(21)14-9-7-6-8-12(14)3;/h6-9,11,13,15,18H,10H2,1-5H3,(H,19,22)(H,20,21);1H. The second-order valence-electron chi connectivity index (χ2n) is 5.94. The van der Waals surface area contributed by atoms with Gasteiger partial charge in [0.05, 0.1) is 0 Å². The third kappa shape index (κ3) is 6.59. The first kappa shape index (κ1) is 21.4.